The molecule has 4 heteroatoms. The van der Waals surface area contributed by atoms with Crippen molar-refractivity contribution in [3.8, 4) is 22.5 Å². The minimum absolute atomic E-state index is 0.575. The van der Waals surface area contributed by atoms with Crippen LogP contribution in [-0.2, 0) is 0 Å². The van der Waals surface area contributed by atoms with E-state index in [1.165, 1.54) is 0 Å². The molecule has 0 radical (unpaired) electrons. The second-order valence-electron chi connectivity index (χ2n) is 5.11. The van der Waals surface area contributed by atoms with Gasteiger partial charge in [-0.2, -0.15) is 4.52 Å². The zero-order chi connectivity index (χ0) is 14.9. The fraction of sp³-hybridized carbons (Fsp3) is 0. The number of nitrogen functional groups attached to an aromatic ring is 1. The van der Waals surface area contributed by atoms with Crippen molar-refractivity contribution in [1.82, 2.24) is 14.6 Å². The minimum Gasteiger partial charge on any atom is -0.384 e. The lowest BCUT2D eigenvalue weighted by atomic mass is 10.1. The van der Waals surface area contributed by atoms with Crippen molar-refractivity contribution in [2.45, 2.75) is 0 Å². The van der Waals surface area contributed by atoms with Gasteiger partial charge in [-0.15, -0.1) is 5.10 Å². The number of rotatable bonds is 2. The molecule has 0 fully saturated rings. The minimum atomic E-state index is 0.575. The molecule has 0 amide bonds. The van der Waals surface area contributed by atoms with Gasteiger partial charge in [0.2, 0.25) is 0 Å². The summed E-state index contributed by atoms with van der Waals surface area (Å²) in [4.78, 5) is 4.60. The molecular formula is C18H14N4. The summed E-state index contributed by atoms with van der Waals surface area (Å²) in [5.74, 6) is 1.25. The summed E-state index contributed by atoms with van der Waals surface area (Å²) in [7, 11) is 0. The Balaban J connectivity index is 1.88. The first-order valence-electron chi connectivity index (χ1n) is 7.08. The van der Waals surface area contributed by atoms with Gasteiger partial charge in [0.15, 0.2) is 11.5 Å². The van der Waals surface area contributed by atoms with E-state index in [1.807, 2.05) is 60.7 Å². The van der Waals surface area contributed by atoms with Crippen molar-refractivity contribution >= 4 is 11.5 Å². The van der Waals surface area contributed by atoms with Gasteiger partial charge in [-0.1, -0.05) is 60.7 Å². The molecular weight excluding hydrogens is 272 g/mol. The molecule has 0 aliphatic carbocycles. The zero-order valence-electron chi connectivity index (χ0n) is 11.8. The number of aromatic nitrogens is 3. The highest BCUT2D eigenvalue weighted by Crippen LogP contribution is 2.25. The van der Waals surface area contributed by atoms with Crippen LogP contribution in [0, 0.1) is 0 Å². The highest BCUT2D eigenvalue weighted by Gasteiger charge is 2.10. The van der Waals surface area contributed by atoms with E-state index >= 15 is 0 Å². The summed E-state index contributed by atoms with van der Waals surface area (Å²) in [6.45, 7) is 0. The van der Waals surface area contributed by atoms with Gasteiger partial charge in [0.05, 0.1) is 0 Å². The number of hydrogen-bond donors (Lipinski definition) is 1. The lowest BCUT2D eigenvalue weighted by Crippen LogP contribution is -1.98. The summed E-state index contributed by atoms with van der Waals surface area (Å²) in [6, 6.07) is 23.9. The fourth-order valence-corrected chi connectivity index (χ4v) is 2.52. The Morgan fingerprint density at radius 1 is 0.727 bits per heavy atom. The van der Waals surface area contributed by atoms with Crippen LogP contribution in [0.1, 0.15) is 0 Å². The van der Waals surface area contributed by atoms with Crippen LogP contribution in [0.2, 0.25) is 0 Å². The van der Waals surface area contributed by atoms with E-state index in [2.05, 4.69) is 22.2 Å². The van der Waals surface area contributed by atoms with Gasteiger partial charge in [0.1, 0.15) is 5.82 Å². The van der Waals surface area contributed by atoms with Crippen molar-refractivity contribution in [1.29, 1.82) is 0 Å². The van der Waals surface area contributed by atoms with Gasteiger partial charge < -0.3 is 5.73 Å². The quantitative estimate of drug-likeness (QED) is 0.612. The Morgan fingerprint density at radius 3 is 2.05 bits per heavy atom. The van der Waals surface area contributed by atoms with Crippen LogP contribution in [0.25, 0.3) is 28.2 Å². The molecule has 0 atom stereocenters. The van der Waals surface area contributed by atoms with Gasteiger partial charge in [-0.05, 0) is 23.3 Å². The average molecular weight is 286 g/mol. The lowest BCUT2D eigenvalue weighted by molar-refractivity contribution is 0.979. The predicted octanol–water partition coefficient (Wildman–Crippen LogP) is 3.65. The number of nitrogens with two attached hydrogens (primary N) is 1. The number of fused-ring (bicyclic) bond motifs is 1. The molecule has 2 aromatic heterocycles. The Bertz CT molecular complexity index is 927. The van der Waals surface area contributed by atoms with Gasteiger partial charge in [-0.25, -0.2) is 4.98 Å². The highest BCUT2D eigenvalue weighted by molar-refractivity contribution is 5.72. The summed E-state index contributed by atoms with van der Waals surface area (Å²) in [6.07, 6.45) is 0. The number of anilines is 1. The molecule has 0 bridgehead atoms. The molecule has 0 saturated carbocycles. The molecule has 0 aliphatic rings. The third-order valence-corrected chi connectivity index (χ3v) is 3.60. The Morgan fingerprint density at radius 2 is 1.36 bits per heavy atom. The first-order valence-corrected chi connectivity index (χ1v) is 7.08. The van der Waals surface area contributed by atoms with E-state index in [0.29, 0.717) is 11.6 Å². The van der Waals surface area contributed by atoms with E-state index in [9.17, 15) is 0 Å². The maximum atomic E-state index is 6.15. The fourth-order valence-electron chi connectivity index (χ4n) is 2.52. The van der Waals surface area contributed by atoms with Gasteiger partial charge in [0.25, 0.3) is 0 Å². The molecule has 0 aliphatic heterocycles. The zero-order valence-corrected chi connectivity index (χ0v) is 11.8. The molecule has 106 valence electrons. The van der Waals surface area contributed by atoms with Crippen LogP contribution in [0.5, 0.6) is 0 Å². The second-order valence-corrected chi connectivity index (χ2v) is 5.11. The van der Waals surface area contributed by atoms with Crippen molar-refractivity contribution in [3.05, 3.63) is 72.8 Å². The molecule has 0 unspecified atom stereocenters. The maximum absolute atomic E-state index is 6.15. The summed E-state index contributed by atoms with van der Waals surface area (Å²) >= 11 is 0. The van der Waals surface area contributed by atoms with Crippen LogP contribution in [0.3, 0.4) is 0 Å². The third kappa shape index (κ3) is 2.11. The van der Waals surface area contributed by atoms with E-state index in [4.69, 9.17) is 5.73 Å². The molecule has 2 heterocycles. The molecule has 0 saturated heterocycles. The van der Waals surface area contributed by atoms with E-state index < -0.39 is 0 Å². The topological polar surface area (TPSA) is 56.2 Å². The second kappa shape index (κ2) is 5.00. The summed E-state index contributed by atoms with van der Waals surface area (Å²) in [5.41, 5.74) is 10.0. The standard InChI is InChI=1S/C18H14N4/c19-16-11-15(13-7-3-1-4-8-13)12-17-20-18(21-22(16)17)14-9-5-2-6-10-14/h1-12H,19H2. The number of hydrogen-bond acceptors (Lipinski definition) is 3. The highest BCUT2D eigenvalue weighted by atomic mass is 15.3. The number of benzene rings is 2. The maximum Gasteiger partial charge on any atom is 0.182 e. The van der Waals surface area contributed by atoms with E-state index in [0.717, 1.165) is 22.3 Å². The van der Waals surface area contributed by atoms with E-state index in [-0.39, 0.29) is 0 Å². The van der Waals surface area contributed by atoms with Crippen LogP contribution in [-0.4, -0.2) is 14.6 Å². The van der Waals surface area contributed by atoms with Crippen molar-refractivity contribution in [2.75, 3.05) is 5.73 Å². The normalized spacial score (nSPS) is 10.9. The van der Waals surface area contributed by atoms with Gasteiger partial charge in [-0.3, -0.25) is 0 Å². The largest absolute Gasteiger partial charge is 0.384 e. The van der Waals surface area contributed by atoms with Gasteiger partial charge in [0, 0.05) is 5.56 Å². The van der Waals surface area contributed by atoms with Crippen LogP contribution >= 0.6 is 0 Å². The first-order chi connectivity index (χ1) is 10.8. The molecule has 0 spiro atoms. The number of nitrogens with zero attached hydrogens (tertiary/aromatic N) is 3. The lowest BCUT2D eigenvalue weighted by Gasteiger charge is -2.04. The Labute approximate surface area is 127 Å². The van der Waals surface area contributed by atoms with Crippen molar-refractivity contribution in [3.63, 3.8) is 0 Å². The summed E-state index contributed by atoms with van der Waals surface area (Å²) < 4.78 is 1.68. The third-order valence-electron chi connectivity index (χ3n) is 3.60. The summed E-state index contributed by atoms with van der Waals surface area (Å²) in [5, 5.41) is 4.50. The predicted molar refractivity (Wildman–Crippen MR) is 88.3 cm³/mol. The first kappa shape index (κ1) is 12.6. The Hall–Kier alpha value is -3.14. The van der Waals surface area contributed by atoms with Crippen LogP contribution in [0.4, 0.5) is 5.82 Å². The van der Waals surface area contributed by atoms with E-state index in [1.54, 1.807) is 4.52 Å². The van der Waals surface area contributed by atoms with Crippen molar-refractivity contribution < 1.29 is 0 Å². The molecule has 22 heavy (non-hydrogen) atoms. The SMILES string of the molecule is Nc1cc(-c2ccccc2)cc2nc(-c3ccccc3)nn12. The molecule has 4 rings (SSSR count). The van der Waals surface area contributed by atoms with Crippen LogP contribution < -0.4 is 5.73 Å². The Kier molecular flexibility index (Phi) is 2.86. The average Bonchev–Trinajstić information content (AvgIpc) is 3.01. The molecule has 4 aromatic rings. The number of pyridine rings is 1. The smallest absolute Gasteiger partial charge is 0.182 e. The van der Waals surface area contributed by atoms with Crippen molar-refractivity contribution in [2.24, 2.45) is 0 Å². The molecule has 2 aromatic carbocycles. The van der Waals surface area contributed by atoms with Gasteiger partial charge >= 0.3 is 0 Å². The monoisotopic (exact) mass is 286 g/mol. The molecule has 2 N–H and O–H groups in total. The van der Waals surface area contributed by atoms with Crippen LogP contribution in [0.15, 0.2) is 72.8 Å². The molecule has 4 nitrogen and oxygen atoms in total.